The smallest absolute Gasteiger partial charge is 0.178 e. The highest BCUT2D eigenvalue weighted by molar-refractivity contribution is 5.92. The van der Waals surface area contributed by atoms with E-state index in [0.29, 0.717) is 22.9 Å². The van der Waals surface area contributed by atoms with Crippen molar-refractivity contribution in [3.05, 3.63) is 48.3 Å². The van der Waals surface area contributed by atoms with Gasteiger partial charge in [0.25, 0.3) is 0 Å². The average Bonchev–Trinajstić information content (AvgIpc) is 2.40. The summed E-state index contributed by atoms with van der Waals surface area (Å²) in [6.07, 6.45) is 1.52. The molecule has 0 spiro atoms. The van der Waals surface area contributed by atoms with Gasteiger partial charge in [0, 0.05) is 6.92 Å². The van der Waals surface area contributed by atoms with Crippen LogP contribution in [0.4, 0.5) is 0 Å². The highest BCUT2D eigenvalue weighted by Gasteiger charge is 2.05. The Morgan fingerprint density at radius 1 is 1.11 bits per heavy atom. The van der Waals surface area contributed by atoms with Crippen molar-refractivity contribution < 1.29 is 14.3 Å². The number of methoxy groups -OCH3 is 1. The van der Waals surface area contributed by atoms with Gasteiger partial charge in [0.2, 0.25) is 0 Å². The number of pyridine rings is 1. The van der Waals surface area contributed by atoms with Gasteiger partial charge in [-0.05, 0) is 24.3 Å². The van der Waals surface area contributed by atoms with Gasteiger partial charge >= 0.3 is 0 Å². The lowest BCUT2D eigenvalue weighted by Crippen LogP contribution is -1.96. The molecule has 0 saturated heterocycles. The lowest BCUT2D eigenvalue weighted by atomic mass is 10.3. The normalized spacial score (nSPS) is 9.89. The van der Waals surface area contributed by atoms with E-state index in [9.17, 15) is 4.79 Å². The van der Waals surface area contributed by atoms with Gasteiger partial charge in [0.1, 0.15) is 11.4 Å². The van der Waals surface area contributed by atoms with Crippen LogP contribution in [0.1, 0.15) is 17.4 Å². The lowest BCUT2D eigenvalue weighted by Gasteiger charge is -2.09. The molecule has 0 atom stereocenters. The largest absolute Gasteiger partial charge is 0.493 e. The first kappa shape index (κ1) is 12.1. The van der Waals surface area contributed by atoms with Crippen LogP contribution in [-0.2, 0) is 0 Å². The van der Waals surface area contributed by atoms with Crippen LogP contribution >= 0.6 is 0 Å². The van der Waals surface area contributed by atoms with E-state index >= 15 is 0 Å². The number of aromatic nitrogens is 1. The van der Waals surface area contributed by atoms with Crippen LogP contribution in [0.15, 0.2) is 42.6 Å². The van der Waals surface area contributed by atoms with E-state index in [0.717, 1.165) is 0 Å². The number of para-hydroxylation sites is 2. The zero-order chi connectivity index (χ0) is 13.0. The molecule has 92 valence electrons. The summed E-state index contributed by atoms with van der Waals surface area (Å²) < 4.78 is 10.8. The predicted octanol–water partition coefficient (Wildman–Crippen LogP) is 3.09. The summed E-state index contributed by atoms with van der Waals surface area (Å²) in [6, 6.07) is 10.7. The maximum Gasteiger partial charge on any atom is 0.178 e. The molecule has 0 saturated carbocycles. The maximum absolute atomic E-state index is 11.1. The highest BCUT2D eigenvalue weighted by atomic mass is 16.5. The van der Waals surface area contributed by atoms with Crippen molar-refractivity contribution in [1.82, 2.24) is 4.98 Å². The van der Waals surface area contributed by atoms with E-state index in [-0.39, 0.29) is 5.78 Å². The second kappa shape index (κ2) is 5.31. The summed E-state index contributed by atoms with van der Waals surface area (Å²) in [6.45, 7) is 1.48. The monoisotopic (exact) mass is 243 g/mol. The van der Waals surface area contributed by atoms with Gasteiger partial charge in [-0.1, -0.05) is 12.1 Å². The molecule has 18 heavy (non-hydrogen) atoms. The number of ether oxygens (including phenoxy) is 2. The van der Waals surface area contributed by atoms with Crippen LogP contribution in [-0.4, -0.2) is 17.9 Å². The van der Waals surface area contributed by atoms with Gasteiger partial charge in [-0.3, -0.25) is 4.79 Å². The van der Waals surface area contributed by atoms with E-state index in [2.05, 4.69) is 4.98 Å². The van der Waals surface area contributed by atoms with Gasteiger partial charge in [-0.2, -0.15) is 0 Å². The molecule has 2 aromatic rings. The fourth-order valence-electron chi connectivity index (χ4n) is 1.48. The molecule has 0 aliphatic carbocycles. The molecule has 0 bridgehead atoms. The van der Waals surface area contributed by atoms with Gasteiger partial charge in [-0.15, -0.1) is 0 Å². The number of hydrogen-bond donors (Lipinski definition) is 0. The third kappa shape index (κ3) is 2.66. The molecule has 1 aromatic carbocycles. The first-order valence-electron chi connectivity index (χ1n) is 5.48. The molecule has 0 aliphatic heterocycles. The van der Waals surface area contributed by atoms with Crippen LogP contribution in [0, 0.1) is 0 Å². The van der Waals surface area contributed by atoms with E-state index < -0.39 is 0 Å². The van der Waals surface area contributed by atoms with Crippen LogP contribution in [0.3, 0.4) is 0 Å². The number of hydrogen-bond acceptors (Lipinski definition) is 4. The summed E-state index contributed by atoms with van der Waals surface area (Å²) in [4.78, 5) is 15.1. The Morgan fingerprint density at radius 2 is 1.83 bits per heavy atom. The molecule has 4 nitrogen and oxygen atoms in total. The molecule has 0 aliphatic rings. The molecule has 0 unspecified atom stereocenters. The van der Waals surface area contributed by atoms with Crippen molar-refractivity contribution in [2.45, 2.75) is 6.92 Å². The van der Waals surface area contributed by atoms with E-state index in [1.165, 1.54) is 13.1 Å². The van der Waals surface area contributed by atoms with Crippen molar-refractivity contribution in [1.29, 1.82) is 0 Å². The molecule has 2 rings (SSSR count). The minimum Gasteiger partial charge on any atom is -0.493 e. The second-order valence-corrected chi connectivity index (χ2v) is 3.69. The number of Topliss-reactive ketones (excluding diaryl/α,β-unsaturated/α-hetero) is 1. The van der Waals surface area contributed by atoms with Crippen LogP contribution in [0.25, 0.3) is 0 Å². The molecule has 0 amide bonds. The molecule has 4 heteroatoms. The SMILES string of the molecule is COc1ccccc1Oc1ccc(C(C)=O)nc1. The second-order valence-electron chi connectivity index (χ2n) is 3.69. The molecule has 1 aromatic heterocycles. The van der Waals surface area contributed by atoms with E-state index in [4.69, 9.17) is 9.47 Å². The summed E-state index contributed by atoms with van der Waals surface area (Å²) in [7, 11) is 1.58. The number of benzene rings is 1. The Hall–Kier alpha value is -2.36. The van der Waals surface area contributed by atoms with Crippen molar-refractivity contribution in [2.24, 2.45) is 0 Å². The summed E-state index contributed by atoms with van der Waals surface area (Å²) >= 11 is 0. The zero-order valence-corrected chi connectivity index (χ0v) is 10.2. The van der Waals surface area contributed by atoms with Gasteiger partial charge < -0.3 is 9.47 Å². The van der Waals surface area contributed by atoms with Crippen molar-refractivity contribution in [3.8, 4) is 17.2 Å². The third-order valence-corrected chi connectivity index (χ3v) is 2.39. The molecular weight excluding hydrogens is 230 g/mol. The molecule has 0 fully saturated rings. The standard InChI is InChI=1S/C14H13NO3/c1-10(16)12-8-7-11(9-15-12)18-14-6-4-3-5-13(14)17-2/h3-9H,1-2H3. The number of nitrogens with zero attached hydrogens (tertiary/aromatic N) is 1. The van der Waals surface area contributed by atoms with Gasteiger partial charge in [0.05, 0.1) is 13.3 Å². The zero-order valence-electron chi connectivity index (χ0n) is 10.2. The number of ketones is 1. The van der Waals surface area contributed by atoms with Gasteiger partial charge in [-0.25, -0.2) is 4.98 Å². The fourth-order valence-corrected chi connectivity index (χ4v) is 1.48. The van der Waals surface area contributed by atoms with Crippen molar-refractivity contribution in [3.63, 3.8) is 0 Å². The third-order valence-electron chi connectivity index (χ3n) is 2.39. The average molecular weight is 243 g/mol. The van der Waals surface area contributed by atoms with Crippen molar-refractivity contribution >= 4 is 5.78 Å². The predicted molar refractivity (Wildman–Crippen MR) is 67.3 cm³/mol. The quantitative estimate of drug-likeness (QED) is 0.774. The van der Waals surface area contributed by atoms with Gasteiger partial charge in [0.15, 0.2) is 17.3 Å². The minimum absolute atomic E-state index is 0.0705. The molecule has 0 radical (unpaired) electrons. The minimum atomic E-state index is -0.0705. The summed E-state index contributed by atoms with van der Waals surface area (Å²) in [5.41, 5.74) is 0.419. The van der Waals surface area contributed by atoms with Crippen molar-refractivity contribution in [2.75, 3.05) is 7.11 Å². The lowest BCUT2D eigenvalue weighted by molar-refractivity contribution is 0.101. The first-order valence-corrected chi connectivity index (χ1v) is 5.48. The Kier molecular flexibility index (Phi) is 3.57. The number of rotatable bonds is 4. The first-order chi connectivity index (χ1) is 8.70. The Balaban J connectivity index is 2.21. The van der Waals surface area contributed by atoms with Crippen LogP contribution in [0.5, 0.6) is 17.2 Å². The van der Waals surface area contributed by atoms with E-state index in [1.807, 2.05) is 18.2 Å². The van der Waals surface area contributed by atoms with E-state index in [1.54, 1.807) is 25.3 Å². The highest BCUT2D eigenvalue weighted by Crippen LogP contribution is 2.30. The molecular formula is C14H13NO3. The Morgan fingerprint density at radius 3 is 2.39 bits per heavy atom. The maximum atomic E-state index is 11.1. The van der Waals surface area contributed by atoms with Crippen LogP contribution in [0.2, 0.25) is 0 Å². The number of carbonyl (C=O) groups is 1. The summed E-state index contributed by atoms with van der Waals surface area (Å²) in [5, 5.41) is 0. The van der Waals surface area contributed by atoms with Crippen LogP contribution < -0.4 is 9.47 Å². The molecule has 0 N–H and O–H groups in total. The number of carbonyl (C=O) groups excluding carboxylic acids is 1. The summed E-state index contributed by atoms with van der Waals surface area (Å²) in [5.74, 6) is 1.74. The fraction of sp³-hybridized carbons (Fsp3) is 0.143. The Labute approximate surface area is 105 Å². The Bertz CT molecular complexity index is 549. The molecule has 1 heterocycles. The topological polar surface area (TPSA) is 48.4 Å².